The van der Waals surface area contributed by atoms with E-state index in [9.17, 15) is 8.78 Å². The lowest BCUT2D eigenvalue weighted by atomic mass is 10.2. The molecule has 9 heteroatoms. The van der Waals surface area contributed by atoms with Crippen LogP contribution in [0, 0.1) is 0 Å². The number of amidine groups is 1. The molecule has 0 fully saturated rings. The molecule has 0 atom stereocenters. The first-order valence-electron chi connectivity index (χ1n) is 7.46. The standard InChI is InChI=1S/C17H17ClF2N2O4/c1-23-15-9-11(5-6-14(15)26-17(19)20)16(21)22-25-8-7-24-13-4-2-3-12(18)10-13/h2-6,9-10,17H,7-8H2,1H3,(H2,21,22). The largest absolute Gasteiger partial charge is 0.493 e. The van der Waals surface area contributed by atoms with Crippen LogP contribution in [0.15, 0.2) is 47.6 Å². The Labute approximate surface area is 154 Å². The summed E-state index contributed by atoms with van der Waals surface area (Å²) >= 11 is 5.85. The van der Waals surface area contributed by atoms with Crippen LogP contribution in [0.4, 0.5) is 8.78 Å². The summed E-state index contributed by atoms with van der Waals surface area (Å²) in [5.41, 5.74) is 6.24. The Kier molecular flexibility index (Phi) is 7.28. The van der Waals surface area contributed by atoms with Crippen LogP contribution in [0.5, 0.6) is 17.2 Å². The molecule has 0 amide bonds. The minimum absolute atomic E-state index is 0.0506. The Morgan fingerprint density at radius 1 is 1.15 bits per heavy atom. The van der Waals surface area contributed by atoms with Gasteiger partial charge in [0.25, 0.3) is 0 Å². The van der Waals surface area contributed by atoms with Crippen LogP contribution in [-0.4, -0.2) is 32.8 Å². The quantitative estimate of drug-likeness (QED) is 0.308. The lowest BCUT2D eigenvalue weighted by molar-refractivity contribution is -0.0512. The van der Waals surface area contributed by atoms with Gasteiger partial charge in [0.15, 0.2) is 23.9 Å². The Bertz CT molecular complexity index is 759. The number of alkyl halides is 2. The normalized spacial score (nSPS) is 11.3. The van der Waals surface area contributed by atoms with Crippen LogP contribution in [0.25, 0.3) is 0 Å². The minimum atomic E-state index is -2.96. The van der Waals surface area contributed by atoms with Gasteiger partial charge in [-0.25, -0.2) is 0 Å². The van der Waals surface area contributed by atoms with Gasteiger partial charge in [-0.1, -0.05) is 22.8 Å². The van der Waals surface area contributed by atoms with E-state index >= 15 is 0 Å². The van der Waals surface area contributed by atoms with E-state index in [0.29, 0.717) is 16.3 Å². The highest BCUT2D eigenvalue weighted by atomic mass is 35.5. The number of oxime groups is 1. The Morgan fingerprint density at radius 3 is 2.65 bits per heavy atom. The molecule has 6 nitrogen and oxygen atoms in total. The van der Waals surface area contributed by atoms with Crippen molar-refractivity contribution in [3.8, 4) is 17.2 Å². The van der Waals surface area contributed by atoms with Crippen molar-refractivity contribution in [1.82, 2.24) is 0 Å². The zero-order chi connectivity index (χ0) is 18.9. The van der Waals surface area contributed by atoms with Gasteiger partial charge in [-0.05, 0) is 36.4 Å². The molecule has 0 unspecified atom stereocenters. The number of benzene rings is 2. The van der Waals surface area contributed by atoms with Crippen molar-refractivity contribution in [2.24, 2.45) is 10.9 Å². The van der Waals surface area contributed by atoms with E-state index in [2.05, 4.69) is 9.89 Å². The van der Waals surface area contributed by atoms with Crippen LogP contribution in [0.3, 0.4) is 0 Å². The van der Waals surface area contributed by atoms with Gasteiger partial charge in [-0.2, -0.15) is 8.78 Å². The maximum Gasteiger partial charge on any atom is 0.387 e. The van der Waals surface area contributed by atoms with Crippen LogP contribution in [0.2, 0.25) is 5.02 Å². The first-order chi connectivity index (χ1) is 12.5. The van der Waals surface area contributed by atoms with E-state index < -0.39 is 6.61 Å². The first-order valence-corrected chi connectivity index (χ1v) is 7.84. The molecule has 0 aliphatic heterocycles. The summed E-state index contributed by atoms with van der Waals surface area (Å²) in [5, 5.41) is 4.32. The zero-order valence-electron chi connectivity index (χ0n) is 13.8. The Morgan fingerprint density at radius 2 is 1.96 bits per heavy atom. The van der Waals surface area contributed by atoms with Crippen molar-refractivity contribution >= 4 is 17.4 Å². The molecule has 2 aromatic rings. The molecular formula is C17H17ClF2N2O4. The zero-order valence-corrected chi connectivity index (χ0v) is 14.6. The lowest BCUT2D eigenvalue weighted by Crippen LogP contribution is -2.15. The number of rotatable bonds is 9. The molecule has 2 rings (SSSR count). The molecule has 2 aromatic carbocycles. The van der Waals surface area contributed by atoms with Crippen LogP contribution in [0.1, 0.15) is 5.56 Å². The van der Waals surface area contributed by atoms with Crippen molar-refractivity contribution in [2.45, 2.75) is 6.61 Å². The molecule has 0 heterocycles. The smallest absolute Gasteiger partial charge is 0.387 e. The molecular weight excluding hydrogens is 370 g/mol. The number of hydrogen-bond acceptors (Lipinski definition) is 5. The monoisotopic (exact) mass is 386 g/mol. The maximum absolute atomic E-state index is 12.3. The van der Waals surface area contributed by atoms with E-state index in [4.69, 9.17) is 31.6 Å². The van der Waals surface area contributed by atoms with E-state index in [1.54, 1.807) is 24.3 Å². The van der Waals surface area contributed by atoms with Gasteiger partial charge in [-0.15, -0.1) is 0 Å². The molecule has 0 aliphatic rings. The number of ether oxygens (including phenoxy) is 3. The fourth-order valence-corrected chi connectivity index (χ4v) is 2.12. The molecule has 0 aliphatic carbocycles. The van der Waals surface area contributed by atoms with E-state index in [-0.39, 0.29) is 30.5 Å². The highest BCUT2D eigenvalue weighted by Crippen LogP contribution is 2.29. The van der Waals surface area contributed by atoms with Crippen molar-refractivity contribution in [3.63, 3.8) is 0 Å². The third-order valence-corrected chi connectivity index (χ3v) is 3.31. The third-order valence-electron chi connectivity index (χ3n) is 3.08. The summed E-state index contributed by atoms with van der Waals surface area (Å²) in [4.78, 5) is 5.08. The fraction of sp³-hybridized carbons (Fsp3) is 0.235. The molecule has 140 valence electrons. The molecule has 0 spiro atoms. The highest BCUT2D eigenvalue weighted by molar-refractivity contribution is 6.30. The van der Waals surface area contributed by atoms with Gasteiger partial charge in [-0.3, -0.25) is 0 Å². The SMILES string of the molecule is COc1cc(/C(N)=N/OCCOc2cccc(Cl)c2)ccc1OC(F)F. The van der Waals surface area contributed by atoms with Gasteiger partial charge in [0.2, 0.25) is 0 Å². The molecule has 0 radical (unpaired) electrons. The van der Waals surface area contributed by atoms with Gasteiger partial charge in [0, 0.05) is 10.6 Å². The summed E-state index contributed by atoms with van der Waals surface area (Å²) in [7, 11) is 1.33. The van der Waals surface area contributed by atoms with Gasteiger partial charge < -0.3 is 24.8 Å². The van der Waals surface area contributed by atoms with Crippen LogP contribution < -0.4 is 19.9 Å². The second-order valence-corrected chi connectivity index (χ2v) is 5.30. The third kappa shape index (κ3) is 5.96. The highest BCUT2D eigenvalue weighted by Gasteiger charge is 2.12. The van der Waals surface area contributed by atoms with Crippen molar-refractivity contribution in [2.75, 3.05) is 20.3 Å². The van der Waals surface area contributed by atoms with E-state index in [1.165, 1.54) is 25.3 Å². The predicted octanol–water partition coefficient (Wildman–Crippen LogP) is 3.67. The topological polar surface area (TPSA) is 75.3 Å². The van der Waals surface area contributed by atoms with E-state index in [1.807, 2.05) is 0 Å². The maximum atomic E-state index is 12.3. The summed E-state index contributed by atoms with van der Waals surface area (Å²) in [6, 6.07) is 11.1. The molecule has 2 N–H and O–H groups in total. The molecule has 26 heavy (non-hydrogen) atoms. The van der Waals surface area contributed by atoms with Crippen molar-refractivity contribution < 1.29 is 27.8 Å². The lowest BCUT2D eigenvalue weighted by Gasteiger charge is -2.11. The minimum Gasteiger partial charge on any atom is -0.493 e. The number of halogens is 3. The first kappa shape index (κ1) is 19.6. The predicted molar refractivity (Wildman–Crippen MR) is 93.2 cm³/mol. The van der Waals surface area contributed by atoms with Crippen LogP contribution >= 0.6 is 11.6 Å². The summed E-state index contributed by atoms with van der Waals surface area (Å²) in [6.45, 7) is -2.57. The number of nitrogens with zero attached hydrogens (tertiary/aromatic N) is 1. The van der Waals surface area contributed by atoms with Crippen molar-refractivity contribution in [3.05, 3.63) is 53.1 Å². The molecule has 0 saturated carbocycles. The summed E-state index contributed by atoms with van der Waals surface area (Å²) < 4.78 is 39.4. The fourth-order valence-electron chi connectivity index (χ4n) is 1.94. The summed E-state index contributed by atoms with van der Waals surface area (Å²) in [5.74, 6) is 0.659. The average Bonchev–Trinajstić information content (AvgIpc) is 2.61. The Balaban J connectivity index is 1.88. The molecule has 0 saturated heterocycles. The Hall–Kier alpha value is -2.74. The molecule has 0 bridgehead atoms. The van der Waals surface area contributed by atoms with Gasteiger partial charge >= 0.3 is 6.61 Å². The number of methoxy groups -OCH3 is 1. The second-order valence-electron chi connectivity index (χ2n) is 4.86. The van der Waals surface area contributed by atoms with Crippen LogP contribution in [-0.2, 0) is 4.84 Å². The van der Waals surface area contributed by atoms with Crippen molar-refractivity contribution in [1.29, 1.82) is 0 Å². The van der Waals surface area contributed by atoms with E-state index in [0.717, 1.165) is 0 Å². The second kappa shape index (κ2) is 9.67. The number of nitrogens with two attached hydrogens (primary N) is 1. The van der Waals surface area contributed by atoms with Gasteiger partial charge in [0.1, 0.15) is 12.4 Å². The summed E-state index contributed by atoms with van der Waals surface area (Å²) in [6.07, 6.45) is 0. The molecule has 0 aromatic heterocycles. The van der Waals surface area contributed by atoms with Gasteiger partial charge in [0.05, 0.1) is 7.11 Å². The average molecular weight is 387 g/mol. The number of hydrogen-bond donors (Lipinski definition) is 1.